The van der Waals surface area contributed by atoms with Crippen LogP contribution >= 0.6 is 11.3 Å². The van der Waals surface area contributed by atoms with Crippen LogP contribution in [0.15, 0.2) is 5.38 Å². The zero-order chi connectivity index (χ0) is 9.84. The van der Waals surface area contributed by atoms with Gasteiger partial charge in [0, 0.05) is 11.9 Å². The third-order valence-corrected chi connectivity index (χ3v) is 2.30. The predicted octanol–water partition coefficient (Wildman–Crippen LogP) is 1.84. The molecule has 3 nitrogen and oxygen atoms in total. The van der Waals surface area contributed by atoms with Crippen LogP contribution in [0.1, 0.15) is 29.3 Å². The number of nitrogens with one attached hydrogen (secondary N) is 1. The summed E-state index contributed by atoms with van der Waals surface area (Å²) in [6.07, 6.45) is 0. The first-order valence-corrected chi connectivity index (χ1v) is 5.18. The number of amides is 1. The summed E-state index contributed by atoms with van der Waals surface area (Å²) in [5.74, 6) is 0.404. The SMILES string of the molecule is Cc1nc(C(=O)NCC(C)C)cs1. The van der Waals surface area contributed by atoms with Gasteiger partial charge in [0.25, 0.3) is 5.91 Å². The monoisotopic (exact) mass is 198 g/mol. The van der Waals surface area contributed by atoms with E-state index in [1.807, 2.05) is 6.92 Å². The summed E-state index contributed by atoms with van der Waals surface area (Å²) < 4.78 is 0. The molecule has 0 aliphatic carbocycles. The fourth-order valence-corrected chi connectivity index (χ4v) is 1.45. The molecule has 0 fully saturated rings. The summed E-state index contributed by atoms with van der Waals surface area (Å²) in [4.78, 5) is 15.5. The molecule has 1 aromatic heterocycles. The van der Waals surface area contributed by atoms with Gasteiger partial charge in [0.05, 0.1) is 5.01 Å². The molecule has 0 aromatic carbocycles. The smallest absolute Gasteiger partial charge is 0.270 e. The molecular weight excluding hydrogens is 184 g/mol. The predicted molar refractivity (Wildman–Crippen MR) is 54.0 cm³/mol. The lowest BCUT2D eigenvalue weighted by Gasteiger charge is -2.04. The quantitative estimate of drug-likeness (QED) is 0.805. The average Bonchev–Trinajstić information content (AvgIpc) is 2.47. The minimum absolute atomic E-state index is 0.0713. The summed E-state index contributed by atoms with van der Waals surface area (Å²) in [6.45, 7) is 6.72. The van der Waals surface area contributed by atoms with Crippen molar-refractivity contribution in [2.75, 3.05) is 6.54 Å². The Hall–Kier alpha value is -0.900. The fourth-order valence-electron chi connectivity index (χ4n) is 0.855. The maximum atomic E-state index is 11.4. The number of nitrogens with zero attached hydrogens (tertiary/aromatic N) is 1. The van der Waals surface area contributed by atoms with Crippen LogP contribution < -0.4 is 5.32 Å². The van der Waals surface area contributed by atoms with Gasteiger partial charge in [-0.25, -0.2) is 4.98 Å². The largest absolute Gasteiger partial charge is 0.350 e. The highest BCUT2D eigenvalue weighted by Gasteiger charge is 2.08. The zero-order valence-corrected chi connectivity index (χ0v) is 8.94. The number of aromatic nitrogens is 1. The zero-order valence-electron chi connectivity index (χ0n) is 8.13. The van der Waals surface area contributed by atoms with Crippen LogP contribution in [0, 0.1) is 12.8 Å². The molecule has 13 heavy (non-hydrogen) atoms. The molecule has 1 heterocycles. The van der Waals surface area contributed by atoms with Crippen LogP contribution in [0.4, 0.5) is 0 Å². The highest BCUT2D eigenvalue weighted by atomic mass is 32.1. The molecule has 72 valence electrons. The third kappa shape index (κ3) is 3.14. The van der Waals surface area contributed by atoms with Crippen LogP contribution in [-0.4, -0.2) is 17.4 Å². The van der Waals surface area contributed by atoms with Crippen molar-refractivity contribution in [1.29, 1.82) is 0 Å². The Kier molecular flexibility index (Phi) is 3.42. The lowest BCUT2D eigenvalue weighted by Crippen LogP contribution is -2.27. The van der Waals surface area contributed by atoms with Gasteiger partial charge in [-0.2, -0.15) is 0 Å². The molecule has 1 N–H and O–H groups in total. The van der Waals surface area contributed by atoms with Gasteiger partial charge in [0.1, 0.15) is 5.69 Å². The number of carbonyl (C=O) groups excluding carboxylic acids is 1. The topological polar surface area (TPSA) is 42.0 Å². The third-order valence-electron chi connectivity index (χ3n) is 1.52. The van der Waals surface area contributed by atoms with Gasteiger partial charge < -0.3 is 5.32 Å². The van der Waals surface area contributed by atoms with Crippen molar-refractivity contribution >= 4 is 17.2 Å². The van der Waals surface area contributed by atoms with E-state index in [0.29, 0.717) is 18.2 Å². The Balaban J connectivity index is 2.49. The second-order valence-corrected chi connectivity index (χ2v) is 4.42. The van der Waals surface area contributed by atoms with E-state index in [-0.39, 0.29) is 5.91 Å². The maximum Gasteiger partial charge on any atom is 0.270 e. The van der Waals surface area contributed by atoms with Gasteiger partial charge in [0.15, 0.2) is 0 Å². The lowest BCUT2D eigenvalue weighted by molar-refractivity contribution is 0.0944. The first-order valence-electron chi connectivity index (χ1n) is 4.30. The number of hydrogen-bond acceptors (Lipinski definition) is 3. The summed E-state index contributed by atoms with van der Waals surface area (Å²) in [6, 6.07) is 0. The maximum absolute atomic E-state index is 11.4. The molecule has 4 heteroatoms. The van der Waals surface area contributed by atoms with Crippen molar-refractivity contribution in [1.82, 2.24) is 10.3 Å². The Morgan fingerprint density at radius 1 is 1.69 bits per heavy atom. The molecule has 0 saturated heterocycles. The second-order valence-electron chi connectivity index (χ2n) is 3.36. The fraction of sp³-hybridized carbons (Fsp3) is 0.556. The van der Waals surface area contributed by atoms with E-state index in [1.165, 1.54) is 11.3 Å². The molecule has 0 aliphatic rings. The number of carbonyl (C=O) groups is 1. The van der Waals surface area contributed by atoms with Gasteiger partial charge >= 0.3 is 0 Å². The van der Waals surface area contributed by atoms with E-state index in [1.54, 1.807) is 5.38 Å². The van der Waals surface area contributed by atoms with Crippen molar-refractivity contribution in [3.8, 4) is 0 Å². The molecule has 1 rings (SSSR count). The van der Waals surface area contributed by atoms with Crippen LogP contribution in [0.3, 0.4) is 0 Å². The molecule has 0 spiro atoms. The van der Waals surface area contributed by atoms with E-state index in [9.17, 15) is 4.79 Å². The Morgan fingerprint density at radius 2 is 2.38 bits per heavy atom. The normalized spacial score (nSPS) is 10.5. The van der Waals surface area contributed by atoms with E-state index in [2.05, 4.69) is 24.1 Å². The van der Waals surface area contributed by atoms with Gasteiger partial charge in [-0.05, 0) is 12.8 Å². The molecule has 1 amide bonds. The number of thiazole rings is 1. The highest BCUT2D eigenvalue weighted by Crippen LogP contribution is 2.07. The molecule has 0 bridgehead atoms. The van der Waals surface area contributed by atoms with Crippen LogP contribution in [0.25, 0.3) is 0 Å². The van der Waals surface area contributed by atoms with Gasteiger partial charge in [-0.15, -0.1) is 11.3 Å². The standard InChI is InChI=1S/C9H14N2OS/c1-6(2)4-10-9(12)8-5-13-7(3)11-8/h5-6H,4H2,1-3H3,(H,10,12). The lowest BCUT2D eigenvalue weighted by atomic mass is 10.2. The number of aryl methyl sites for hydroxylation is 1. The van der Waals surface area contributed by atoms with Crippen molar-refractivity contribution in [2.24, 2.45) is 5.92 Å². The summed E-state index contributed by atoms with van der Waals surface area (Å²) >= 11 is 1.50. The van der Waals surface area contributed by atoms with Crippen molar-refractivity contribution in [3.05, 3.63) is 16.1 Å². The minimum Gasteiger partial charge on any atom is -0.350 e. The molecule has 0 aliphatic heterocycles. The van der Waals surface area contributed by atoms with Crippen LogP contribution in [0.5, 0.6) is 0 Å². The van der Waals surface area contributed by atoms with Gasteiger partial charge in [-0.1, -0.05) is 13.8 Å². The molecule has 0 atom stereocenters. The van der Waals surface area contributed by atoms with Gasteiger partial charge in [-0.3, -0.25) is 4.79 Å². The van der Waals surface area contributed by atoms with E-state index in [4.69, 9.17) is 0 Å². The first kappa shape index (κ1) is 10.2. The summed E-state index contributed by atoms with van der Waals surface area (Å²) in [5, 5.41) is 5.53. The van der Waals surface area contributed by atoms with Crippen molar-refractivity contribution in [2.45, 2.75) is 20.8 Å². The molecule has 1 aromatic rings. The number of rotatable bonds is 3. The summed E-state index contributed by atoms with van der Waals surface area (Å²) in [5.41, 5.74) is 0.531. The van der Waals surface area contributed by atoms with E-state index in [0.717, 1.165) is 5.01 Å². The molecule has 0 saturated carbocycles. The van der Waals surface area contributed by atoms with Crippen molar-refractivity contribution < 1.29 is 4.79 Å². The second kappa shape index (κ2) is 4.37. The van der Waals surface area contributed by atoms with Gasteiger partial charge in [0.2, 0.25) is 0 Å². The van der Waals surface area contributed by atoms with Crippen LogP contribution in [-0.2, 0) is 0 Å². The first-order chi connectivity index (χ1) is 6.09. The van der Waals surface area contributed by atoms with E-state index < -0.39 is 0 Å². The molecular formula is C9H14N2OS. The minimum atomic E-state index is -0.0713. The number of hydrogen-bond donors (Lipinski definition) is 1. The highest BCUT2D eigenvalue weighted by molar-refractivity contribution is 7.09. The molecule has 0 radical (unpaired) electrons. The Morgan fingerprint density at radius 3 is 2.85 bits per heavy atom. The Labute approximate surface area is 82.2 Å². The van der Waals surface area contributed by atoms with Crippen molar-refractivity contribution in [3.63, 3.8) is 0 Å². The summed E-state index contributed by atoms with van der Waals surface area (Å²) in [7, 11) is 0. The molecule has 0 unspecified atom stereocenters. The van der Waals surface area contributed by atoms with Crippen LogP contribution in [0.2, 0.25) is 0 Å². The Bertz CT molecular complexity index is 294. The van der Waals surface area contributed by atoms with E-state index >= 15 is 0 Å². The average molecular weight is 198 g/mol.